The average Bonchev–Trinajstić information content (AvgIpc) is 2.88. The van der Waals surface area contributed by atoms with Gasteiger partial charge in [0.2, 0.25) is 0 Å². The monoisotopic (exact) mass is 281 g/mol. The van der Waals surface area contributed by atoms with Gasteiger partial charge >= 0.3 is 0 Å². The van der Waals surface area contributed by atoms with Gasteiger partial charge in [0.05, 0.1) is 0 Å². The van der Waals surface area contributed by atoms with Crippen molar-refractivity contribution in [1.82, 2.24) is 10.1 Å². The van der Waals surface area contributed by atoms with E-state index in [-0.39, 0.29) is 0 Å². The molecular weight excluding hydrogens is 254 g/mol. The van der Waals surface area contributed by atoms with Crippen LogP contribution in [0.2, 0.25) is 0 Å². The third kappa shape index (κ3) is 3.58. The molecule has 0 spiro atoms. The lowest BCUT2D eigenvalue weighted by Crippen LogP contribution is -2.25. The fraction of sp³-hybridized carbons (Fsp3) is 0.867. The summed E-state index contributed by atoms with van der Waals surface area (Å²) in [5.41, 5.74) is 5.80. The third-order valence-electron chi connectivity index (χ3n) is 4.50. The Kier molecular flexibility index (Phi) is 4.81. The fourth-order valence-corrected chi connectivity index (χ4v) is 3.05. The topological polar surface area (TPSA) is 85.2 Å². The minimum Gasteiger partial charge on any atom is -0.383 e. The van der Waals surface area contributed by atoms with Gasteiger partial charge in [0.15, 0.2) is 5.82 Å². The summed E-state index contributed by atoms with van der Waals surface area (Å²) in [6, 6.07) is 0. The molecule has 20 heavy (non-hydrogen) atoms. The van der Waals surface area contributed by atoms with Crippen LogP contribution in [0.4, 0.5) is 0 Å². The second-order valence-corrected chi connectivity index (χ2v) is 7.00. The predicted molar refractivity (Wildman–Crippen MR) is 77.1 cm³/mol. The van der Waals surface area contributed by atoms with Gasteiger partial charge in [0.25, 0.3) is 5.89 Å². The van der Waals surface area contributed by atoms with Gasteiger partial charge in [-0.3, -0.25) is 0 Å². The van der Waals surface area contributed by atoms with E-state index in [1.165, 1.54) is 12.8 Å². The lowest BCUT2D eigenvalue weighted by molar-refractivity contribution is 0.127. The summed E-state index contributed by atoms with van der Waals surface area (Å²) in [6.07, 6.45) is 4.36. The summed E-state index contributed by atoms with van der Waals surface area (Å²) in [7, 11) is 0. The first kappa shape index (κ1) is 15.4. The van der Waals surface area contributed by atoms with Crippen molar-refractivity contribution in [1.29, 1.82) is 0 Å². The van der Waals surface area contributed by atoms with Crippen molar-refractivity contribution < 1.29 is 9.63 Å². The minimum absolute atomic E-state index is 0.309. The molecule has 0 radical (unpaired) electrons. The Bertz CT molecular complexity index is 417. The van der Waals surface area contributed by atoms with E-state index in [1.807, 2.05) is 0 Å². The van der Waals surface area contributed by atoms with Crippen LogP contribution in [0.15, 0.2) is 4.52 Å². The van der Waals surface area contributed by atoms with Crippen LogP contribution in [0.3, 0.4) is 0 Å². The van der Waals surface area contributed by atoms with Gasteiger partial charge in [-0.25, -0.2) is 0 Å². The van der Waals surface area contributed by atoms with E-state index in [4.69, 9.17) is 10.3 Å². The van der Waals surface area contributed by atoms with Crippen LogP contribution in [-0.4, -0.2) is 21.8 Å². The first-order valence-corrected chi connectivity index (χ1v) is 7.63. The second-order valence-electron chi connectivity index (χ2n) is 7.00. The van der Waals surface area contributed by atoms with Gasteiger partial charge in [-0.2, -0.15) is 4.98 Å². The molecular formula is C15H27N3O2. The largest absolute Gasteiger partial charge is 0.383 e. The molecule has 5 nitrogen and oxygen atoms in total. The first-order chi connectivity index (χ1) is 9.41. The Balaban J connectivity index is 1.94. The maximum absolute atomic E-state index is 9.80. The van der Waals surface area contributed by atoms with Crippen molar-refractivity contribution >= 4 is 0 Å². The highest BCUT2D eigenvalue weighted by Crippen LogP contribution is 2.42. The standard InChI is InChI=1S/C15H27N3O2/c1-15(2,3)11-6-4-10(5-7-11)13-17-14(20-18-13)12(19)8-9-16/h10-12,19H,4-9,16H2,1-3H3. The van der Waals surface area contributed by atoms with E-state index >= 15 is 0 Å². The molecule has 0 amide bonds. The smallest absolute Gasteiger partial charge is 0.255 e. The van der Waals surface area contributed by atoms with Gasteiger partial charge in [-0.05, 0) is 50.0 Å². The Hall–Kier alpha value is -0.940. The summed E-state index contributed by atoms with van der Waals surface area (Å²) in [6.45, 7) is 7.35. The van der Waals surface area contributed by atoms with E-state index < -0.39 is 6.10 Å². The summed E-state index contributed by atoms with van der Waals surface area (Å²) >= 11 is 0. The quantitative estimate of drug-likeness (QED) is 0.886. The fourth-order valence-electron chi connectivity index (χ4n) is 3.05. The molecule has 1 aliphatic rings. The van der Waals surface area contributed by atoms with Crippen molar-refractivity contribution in [2.75, 3.05) is 6.54 Å². The van der Waals surface area contributed by atoms with Crippen molar-refractivity contribution in [3.8, 4) is 0 Å². The van der Waals surface area contributed by atoms with E-state index in [9.17, 15) is 5.11 Å². The molecule has 0 bridgehead atoms. The van der Waals surface area contributed by atoms with E-state index in [2.05, 4.69) is 30.9 Å². The molecule has 1 aromatic rings. The normalized spacial score (nSPS) is 25.6. The van der Waals surface area contributed by atoms with Crippen molar-refractivity contribution in [2.45, 2.75) is 64.9 Å². The number of rotatable bonds is 4. The highest BCUT2D eigenvalue weighted by Gasteiger charge is 2.32. The predicted octanol–water partition coefficient (Wildman–Crippen LogP) is 2.77. The molecule has 0 aromatic carbocycles. The Morgan fingerprint density at radius 3 is 2.50 bits per heavy atom. The molecule has 114 valence electrons. The zero-order chi connectivity index (χ0) is 14.8. The molecule has 1 fully saturated rings. The molecule has 5 heteroatoms. The van der Waals surface area contributed by atoms with Crippen molar-refractivity contribution in [3.63, 3.8) is 0 Å². The number of hydrogen-bond donors (Lipinski definition) is 2. The Labute approximate surface area is 120 Å². The van der Waals surface area contributed by atoms with Crippen molar-refractivity contribution in [2.24, 2.45) is 17.1 Å². The van der Waals surface area contributed by atoms with E-state index in [1.54, 1.807) is 0 Å². The molecule has 2 rings (SSSR count). The van der Waals surface area contributed by atoms with Crippen LogP contribution in [0, 0.1) is 11.3 Å². The SMILES string of the molecule is CC(C)(C)C1CCC(c2noc(C(O)CCN)n2)CC1. The number of hydrogen-bond acceptors (Lipinski definition) is 5. The Morgan fingerprint density at radius 1 is 1.30 bits per heavy atom. The van der Waals surface area contributed by atoms with Crippen LogP contribution in [-0.2, 0) is 0 Å². The molecule has 1 unspecified atom stereocenters. The molecule has 1 aliphatic carbocycles. The lowest BCUT2D eigenvalue weighted by atomic mass is 9.70. The lowest BCUT2D eigenvalue weighted by Gasteiger charge is -2.36. The third-order valence-corrected chi connectivity index (χ3v) is 4.50. The molecule has 1 saturated carbocycles. The summed E-state index contributed by atoms with van der Waals surface area (Å²) in [5.74, 6) is 2.20. The molecule has 1 heterocycles. The molecule has 3 N–H and O–H groups in total. The number of aliphatic hydroxyl groups excluding tert-OH is 1. The van der Waals surface area contributed by atoms with E-state index in [0.717, 1.165) is 24.6 Å². The Morgan fingerprint density at radius 2 is 1.95 bits per heavy atom. The highest BCUT2D eigenvalue weighted by molar-refractivity contribution is 5.00. The summed E-state index contributed by atoms with van der Waals surface area (Å²) in [4.78, 5) is 4.36. The molecule has 0 aliphatic heterocycles. The van der Waals surface area contributed by atoms with Crippen LogP contribution in [0.25, 0.3) is 0 Å². The van der Waals surface area contributed by atoms with Crippen LogP contribution in [0.5, 0.6) is 0 Å². The summed E-state index contributed by atoms with van der Waals surface area (Å²) < 4.78 is 5.16. The molecule has 1 atom stereocenters. The van der Waals surface area contributed by atoms with Crippen LogP contribution < -0.4 is 5.73 Å². The number of aromatic nitrogens is 2. The maximum atomic E-state index is 9.80. The zero-order valence-electron chi connectivity index (χ0n) is 12.8. The molecule has 1 aromatic heterocycles. The van der Waals surface area contributed by atoms with Gasteiger partial charge in [-0.15, -0.1) is 0 Å². The van der Waals surface area contributed by atoms with Gasteiger partial charge in [0, 0.05) is 5.92 Å². The highest BCUT2D eigenvalue weighted by atomic mass is 16.5. The number of nitrogens with zero attached hydrogens (tertiary/aromatic N) is 2. The number of nitrogens with two attached hydrogens (primary N) is 1. The maximum Gasteiger partial charge on any atom is 0.255 e. The van der Waals surface area contributed by atoms with Crippen LogP contribution in [0.1, 0.15) is 76.6 Å². The van der Waals surface area contributed by atoms with Crippen molar-refractivity contribution in [3.05, 3.63) is 11.7 Å². The zero-order valence-corrected chi connectivity index (χ0v) is 12.8. The average molecular weight is 281 g/mol. The number of aliphatic hydroxyl groups is 1. The van der Waals surface area contributed by atoms with Gasteiger partial charge < -0.3 is 15.4 Å². The van der Waals surface area contributed by atoms with Crippen LogP contribution >= 0.6 is 0 Å². The summed E-state index contributed by atoms with van der Waals surface area (Å²) in [5, 5.41) is 13.8. The molecule has 0 saturated heterocycles. The van der Waals surface area contributed by atoms with Gasteiger partial charge in [-0.1, -0.05) is 25.9 Å². The first-order valence-electron chi connectivity index (χ1n) is 7.63. The minimum atomic E-state index is -0.729. The second kappa shape index (κ2) is 6.22. The van der Waals surface area contributed by atoms with Gasteiger partial charge in [0.1, 0.15) is 6.10 Å². The van der Waals surface area contributed by atoms with E-state index in [0.29, 0.717) is 30.2 Å².